The monoisotopic (exact) mass is 853 g/mol. The maximum atomic E-state index is 15.3. The number of unbranched alkanes of at least 4 members (excludes halogenated alkanes) is 2. The minimum Gasteiger partial charge on any atom is -0.508 e. The van der Waals surface area contributed by atoms with E-state index in [4.69, 9.17) is 28.9 Å². The predicted molar refractivity (Wildman–Crippen MR) is 221 cm³/mol. The lowest BCUT2D eigenvalue weighted by Gasteiger charge is -2.53. The number of hydrogen-bond acceptors (Lipinski definition) is 11. The minimum absolute atomic E-state index is 0.00351. The number of halogens is 3. The topological polar surface area (TPSA) is 147 Å². The first-order valence-electron chi connectivity index (χ1n) is 21.3. The van der Waals surface area contributed by atoms with Gasteiger partial charge in [-0.15, -0.1) is 13.2 Å². The number of aliphatic hydroxyl groups excluding tert-OH is 1. The van der Waals surface area contributed by atoms with E-state index in [1.807, 2.05) is 78.0 Å². The van der Waals surface area contributed by atoms with Crippen LogP contribution in [0.4, 0.5) is 13.2 Å². The zero-order valence-electron chi connectivity index (χ0n) is 35.7. The van der Waals surface area contributed by atoms with Gasteiger partial charge in [0, 0.05) is 35.2 Å². The summed E-state index contributed by atoms with van der Waals surface area (Å²) in [6, 6.07) is 9.72. The maximum absolute atomic E-state index is 15.3. The van der Waals surface area contributed by atoms with Gasteiger partial charge >= 0.3 is 6.36 Å². The largest absolute Gasteiger partial charge is 0.573 e. The van der Waals surface area contributed by atoms with Crippen LogP contribution in [0.15, 0.2) is 52.3 Å². The number of carbonyl (C=O) groups excluding carboxylic acids is 2. The molecule has 60 heavy (non-hydrogen) atoms. The Bertz CT molecular complexity index is 2130. The predicted octanol–water partition coefficient (Wildman–Crippen LogP) is 10.1. The average Bonchev–Trinajstić information content (AvgIpc) is 3.82. The fraction of sp³-hybridized carbons (Fsp3) is 0.578. The van der Waals surface area contributed by atoms with Crippen molar-refractivity contribution >= 4 is 19.9 Å². The molecular formula is C45H58F3N3O8Si. The Morgan fingerprint density at radius 2 is 1.72 bits per heavy atom. The highest BCUT2D eigenvalue weighted by Gasteiger charge is 2.66. The van der Waals surface area contributed by atoms with Crippen LogP contribution in [0.3, 0.4) is 0 Å². The van der Waals surface area contributed by atoms with Crippen molar-refractivity contribution in [2.75, 3.05) is 19.8 Å². The summed E-state index contributed by atoms with van der Waals surface area (Å²) in [5.74, 6) is -4.20. The molecule has 1 aromatic heterocycles. The number of carbonyl (C=O) groups is 2. The molecule has 15 heteroatoms. The van der Waals surface area contributed by atoms with E-state index in [0.717, 1.165) is 24.8 Å². The highest BCUT2D eigenvalue weighted by Crippen LogP contribution is 2.59. The van der Waals surface area contributed by atoms with Crippen molar-refractivity contribution < 1.29 is 51.0 Å². The molecule has 2 heterocycles. The van der Waals surface area contributed by atoms with Crippen molar-refractivity contribution in [2.24, 2.45) is 17.6 Å². The van der Waals surface area contributed by atoms with Gasteiger partial charge in [0.1, 0.15) is 22.8 Å². The number of aromatic nitrogens is 1. The van der Waals surface area contributed by atoms with Crippen molar-refractivity contribution in [2.45, 2.75) is 135 Å². The summed E-state index contributed by atoms with van der Waals surface area (Å²) < 4.78 is 73.9. The van der Waals surface area contributed by atoms with Crippen molar-refractivity contribution in [1.29, 1.82) is 0 Å². The number of benzene rings is 2. The smallest absolute Gasteiger partial charge is 0.508 e. The van der Waals surface area contributed by atoms with Crippen LogP contribution in [0.5, 0.6) is 17.4 Å². The van der Waals surface area contributed by atoms with Gasteiger partial charge in [0.05, 0.1) is 24.8 Å². The standard InChI is InChI=1S/C45H58F3N3O8Si/c1-8-10-20-55-32-24-28(31-18-15-19-51(31)25-26-16-13-12-14-17-26)38(57-45(46,47)48)29-22-27-23-30-36(49)39-35(42(50-58-39)56-21-11-9-2)41(54)44(30,59-60(6,7)43(3,4)5)40(53)33(27)37(52)34(29)32/h12-14,16-17,24,27,30-31,36,53H,8-11,15,18-23,25,49H2,1-7H3/t27-,30-,31?,36-,44-/m0/s1. The average molecular weight is 854 g/mol. The molecule has 5 atom stereocenters. The van der Waals surface area contributed by atoms with E-state index in [1.54, 1.807) is 0 Å². The minimum atomic E-state index is -5.09. The number of Topliss-reactive ketones (excluding diaryl/α,β-unsaturated/α-hetero) is 2. The molecule has 0 spiro atoms. The fourth-order valence-corrected chi connectivity index (χ4v) is 10.6. The quantitative estimate of drug-likeness (QED) is 0.118. The van der Waals surface area contributed by atoms with Gasteiger partial charge in [-0.05, 0) is 85.9 Å². The number of ether oxygens (including phenoxy) is 3. The van der Waals surface area contributed by atoms with E-state index in [0.29, 0.717) is 32.4 Å². The highest BCUT2D eigenvalue weighted by molar-refractivity contribution is 6.74. The summed E-state index contributed by atoms with van der Waals surface area (Å²) in [5.41, 5.74) is 5.96. The van der Waals surface area contributed by atoms with Crippen LogP contribution in [0, 0.1) is 11.8 Å². The summed E-state index contributed by atoms with van der Waals surface area (Å²) in [6.07, 6.45) is -1.01. The second kappa shape index (κ2) is 16.6. The van der Waals surface area contributed by atoms with Gasteiger partial charge < -0.3 is 34.0 Å². The van der Waals surface area contributed by atoms with E-state index in [1.165, 1.54) is 6.07 Å². The second-order valence-electron chi connectivity index (χ2n) is 18.2. The van der Waals surface area contributed by atoms with E-state index in [-0.39, 0.29) is 71.3 Å². The Morgan fingerprint density at radius 3 is 2.37 bits per heavy atom. The highest BCUT2D eigenvalue weighted by atomic mass is 28.4. The van der Waals surface area contributed by atoms with Gasteiger partial charge in [-0.25, -0.2) is 0 Å². The molecule has 4 aliphatic rings. The van der Waals surface area contributed by atoms with Crippen molar-refractivity contribution in [3.05, 3.63) is 81.3 Å². The third-order valence-corrected chi connectivity index (χ3v) is 17.7. The summed E-state index contributed by atoms with van der Waals surface area (Å²) in [5, 5.41) is 16.4. The SMILES string of the molecule is CCCCOc1cc(C2CCCN2Cc2ccccc2)c(OC(F)(F)F)c2c1C(=O)C1=C(O)[C@]3(O[Si](C)(C)C(C)(C)C)C(=O)c4c(OCCCC)noc4[C@@H](N)[C@@H]3C[C@@H]1C2. The molecule has 1 saturated heterocycles. The van der Waals surface area contributed by atoms with Gasteiger partial charge in [-0.2, -0.15) is 0 Å². The molecule has 3 N–H and O–H groups in total. The van der Waals surface area contributed by atoms with E-state index in [2.05, 4.69) is 10.1 Å². The number of alkyl halides is 3. The van der Waals surface area contributed by atoms with Crippen LogP contribution < -0.4 is 19.9 Å². The van der Waals surface area contributed by atoms with E-state index < -0.39 is 72.3 Å². The third-order valence-electron chi connectivity index (χ3n) is 13.2. The first-order chi connectivity index (χ1) is 28.3. The van der Waals surface area contributed by atoms with Crippen LogP contribution in [-0.2, 0) is 17.4 Å². The molecule has 1 fully saturated rings. The van der Waals surface area contributed by atoms with Crippen molar-refractivity contribution in [3.8, 4) is 17.4 Å². The number of aliphatic hydroxyl groups is 1. The van der Waals surface area contributed by atoms with Gasteiger partial charge in [0.15, 0.2) is 25.5 Å². The molecule has 0 saturated carbocycles. The Kier molecular flexibility index (Phi) is 12.1. The van der Waals surface area contributed by atoms with Gasteiger partial charge in [0.25, 0.3) is 5.88 Å². The number of hydrogen-bond donors (Lipinski definition) is 2. The molecule has 3 aliphatic carbocycles. The lowest BCUT2D eigenvalue weighted by Crippen LogP contribution is -2.64. The molecule has 2 aromatic carbocycles. The molecule has 0 amide bonds. The fourth-order valence-electron chi connectivity index (χ4n) is 9.19. The van der Waals surface area contributed by atoms with Crippen molar-refractivity contribution in [3.63, 3.8) is 0 Å². The zero-order chi connectivity index (χ0) is 43.4. The molecule has 326 valence electrons. The normalized spacial score (nSPS) is 24.5. The van der Waals surface area contributed by atoms with Crippen molar-refractivity contribution in [1.82, 2.24) is 10.1 Å². The molecule has 7 rings (SSSR count). The third kappa shape index (κ3) is 7.79. The molecule has 1 aliphatic heterocycles. The Labute approximate surface area is 350 Å². The number of fused-ring (bicyclic) bond motifs is 4. The summed E-state index contributed by atoms with van der Waals surface area (Å²) in [7, 11) is -3.00. The van der Waals surface area contributed by atoms with E-state index in [9.17, 15) is 18.3 Å². The number of rotatable bonds is 14. The lowest BCUT2D eigenvalue weighted by atomic mass is 9.59. The number of ketones is 2. The number of nitrogens with zero attached hydrogens (tertiary/aromatic N) is 2. The number of allylic oxidation sites excluding steroid dienone is 1. The number of likely N-dealkylation sites (tertiary alicyclic amines) is 1. The van der Waals surface area contributed by atoms with E-state index >= 15 is 9.59 Å². The summed E-state index contributed by atoms with van der Waals surface area (Å²) in [6.45, 7) is 15.4. The molecule has 3 aromatic rings. The molecule has 0 radical (unpaired) electrons. The maximum Gasteiger partial charge on any atom is 0.573 e. The first-order valence-corrected chi connectivity index (χ1v) is 24.2. The van der Waals surface area contributed by atoms with Gasteiger partial charge in [0.2, 0.25) is 5.78 Å². The number of nitrogens with two attached hydrogens (primary N) is 1. The Morgan fingerprint density at radius 1 is 1.03 bits per heavy atom. The molecule has 1 unspecified atom stereocenters. The van der Waals surface area contributed by atoms with Gasteiger partial charge in [-0.1, -0.05) is 77.8 Å². The lowest BCUT2D eigenvalue weighted by molar-refractivity contribution is -0.275. The zero-order valence-corrected chi connectivity index (χ0v) is 36.7. The van der Waals surface area contributed by atoms with Crippen LogP contribution in [0.2, 0.25) is 18.1 Å². The Hall–Kier alpha value is -4.18. The summed E-state index contributed by atoms with van der Waals surface area (Å²) >= 11 is 0. The van der Waals surface area contributed by atoms with Crippen LogP contribution in [0.1, 0.15) is 135 Å². The van der Waals surface area contributed by atoms with Crippen LogP contribution in [-0.4, -0.2) is 66.8 Å². The second-order valence-corrected chi connectivity index (χ2v) is 23.0. The first kappa shape index (κ1) is 43.9. The molecule has 11 nitrogen and oxygen atoms in total. The molecular weight excluding hydrogens is 796 g/mol. The van der Waals surface area contributed by atoms with Crippen LogP contribution >= 0.6 is 0 Å². The summed E-state index contributed by atoms with van der Waals surface area (Å²) in [4.78, 5) is 32.7. The Balaban J connectivity index is 1.43. The molecule has 0 bridgehead atoms. The van der Waals surface area contributed by atoms with Gasteiger partial charge in [-0.3, -0.25) is 14.5 Å². The van der Waals surface area contributed by atoms with Crippen LogP contribution in [0.25, 0.3) is 0 Å².